The number of benzene rings is 3. The molecule has 1 aliphatic heterocycles. The predicted octanol–water partition coefficient (Wildman–Crippen LogP) is 5.80. The lowest BCUT2D eigenvalue weighted by Crippen LogP contribution is -2.33. The number of hydrogen-bond acceptors (Lipinski definition) is 8. The van der Waals surface area contributed by atoms with Gasteiger partial charge in [-0.25, -0.2) is 0 Å². The van der Waals surface area contributed by atoms with Crippen LogP contribution in [-0.4, -0.2) is 4.98 Å². The van der Waals surface area contributed by atoms with E-state index < -0.39 is 6.02 Å². The molecule has 0 fully saturated rings. The minimum atomic E-state index is -1.52. The van der Waals surface area contributed by atoms with Crippen LogP contribution >= 0.6 is 11.6 Å². The van der Waals surface area contributed by atoms with Gasteiger partial charge in [-0.3, -0.25) is 4.98 Å². The van der Waals surface area contributed by atoms with E-state index >= 15 is 0 Å². The summed E-state index contributed by atoms with van der Waals surface area (Å²) >= 11 is 6.73. The number of fused-ring (bicyclic) bond motifs is 1. The van der Waals surface area contributed by atoms with E-state index in [1.54, 1.807) is 36.5 Å². The molecule has 38 heavy (non-hydrogen) atoms. The highest BCUT2D eigenvalue weighted by Crippen LogP contribution is 2.37. The van der Waals surface area contributed by atoms with Gasteiger partial charge in [-0.05, 0) is 41.8 Å². The topological polar surface area (TPSA) is 121 Å². The summed E-state index contributed by atoms with van der Waals surface area (Å²) in [7, 11) is 0. The van der Waals surface area contributed by atoms with E-state index in [-0.39, 0.29) is 6.04 Å². The second-order valence-corrected chi connectivity index (χ2v) is 9.08. The number of aromatic nitrogens is 1. The predicted molar refractivity (Wildman–Crippen MR) is 150 cm³/mol. The monoisotopic (exact) mass is 521 g/mol. The Hall–Kier alpha value is -4.76. The number of nitriles is 2. The van der Waals surface area contributed by atoms with Crippen LogP contribution in [0.15, 0.2) is 84.8 Å². The highest BCUT2D eigenvalue weighted by atomic mass is 35.5. The number of rotatable bonds is 8. The Morgan fingerprint density at radius 3 is 2.55 bits per heavy atom. The first-order valence-electron chi connectivity index (χ1n) is 12.6. The molecule has 2 heterocycles. The van der Waals surface area contributed by atoms with Gasteiger partial charge in [0, 0.05) is 23.5 Å². The molecule has 2 atom stereocenters. The molecular formula is C29H25ClN8. The Kier molecular flexibility index (Phi) is 6.90. The van der Waals surface area contributed by atoms with Crippen LogP contribution in [0.3, 0.4) is 0 Å². The van der Waals surface area contributed by atoms with Crippen LogP contribution in [0.5, 0.6) is 0 Å². The van der Waals surface area contributed by atoms with Crippen LogP contribution in [0.1, 0.15) is 49.0 Å². The lowest BCUT2D eigenvalue weighted by Gasteiger charge is -2.24. The van der Waals surface area contributed by atoms with Crippen molar-refractivity contribution in [3.63, 3.8) is 0 Å². The zero-order chi connectivity index (χ0) is 27.4. The number of nitrogens with one attached hydrogen (secondary N) is 5. The largest absolute Gasteiger partial charge is 0.377 e. The average Bonchev–Trinajstić information content (AvgIpc) is 3.52. The fourth-order valence-electron chi connectivity index (χ4n) is 4.42. The molecule has 0 saturated heterocycles. The summed E-state index contributed by atoms with van der Waals surface area (Å²) in [6, 6.07) is 23.2. The van der Waals surface area contributed by atoms with E-state index in [4.69, 9.17) is 11.6 Å². The number of hydrogen-bond donors (Lipinski definition) is 5. The van der Waals surface area contributed by atoms with Crippen molar-refractivity contribution in [1.82, 2.24) is 21.4 Å². The quantitative estimate of drug-likeness (QED) is 0.197. The van der Waals surface area contributed by atoms with Crippen molar-refractivity contribution in [2.75, 3.05) is 10.6 Å². The maximum Gasteiger partial charge on any atom is 0.103 e. The highest BCUT2D eigenvalue weighted by Gasteiger charge is 2.22. The zero-order valence-corrected chi connectivity index (χ0v) is 21.3. The molecule has 5 rings (SSSR count). The number of nitrogens with zero attached hydrogens (tertiary/aromatic N) is 3. The molecule has 0 bridgehead atoms. The number of halogens is 1. The van der Waals surface area contributed by atoms with E-state index in [2.05, 4.69) is 51.1 Å². The number of hydrazine groups is 2. The van der Waals surface area contributed by atoms with Crippen molar-refractivity contribution in [3.05, 3.63) is 112 Å². The standard InChI is InChI=1S/C29H25ClN8/c1-2-25(19-8-4-3-5-9-19)36-27-21(15-32)16-33-29-23(27)12-22(13-24(29)30)35-28(26-17-34-38-37-26)20-10-6-7-18(11-20)14-31/h3-13,16-17,25,28,34-35,37-38H,2H2,1H3,(H,33,36)/t25-,28?/m1/s1/i28D. The van der Waals surface area contributed by atoms with Gasteiger partial charge < -0.3 is 21.5 Å². The maximum atomic E-state index is 9.94. The summed E-state index contributed by atoms with van der Waals surface area (Å²) in [5.74, 6) is 0. The molecule has 1 unspecified atom stereocenters. The summed E-state index contributed by atoms with van der Waals surface area (Å²) in [6.07, 6.45) is 3.94. The van der Waals surface area contributed by atoms with Crippen LogP contribution in [0.25, 0.3) is 10.9 Å². The van der Waals surface area contributed by atoms with Crippen LogP contribution in [-0.2, 0) is 0 Å². The van der Waals surface area contributed by atoms with Crippen molar-refractivity contribution >= 4 is 33.9 Å². The molecule has 5 N–H and O–H groups in total. The van der Waals surface area contributed by atoms with Crippen molar-refractivity contribution < 1.29 is 1.37 Å². The van der Waals surface area contributed by atoms with Crippen molar-refractivity contribution in [2.45, 2.75) is 25.4 Å². The van der Waals surface area contributed by atoms with Crippen molar-refractivity contribution in [1.29, 1.82) is 10.5 Å². The first-order valence-corrected chi connectivity index (χ1v) is 12.4. The Labute approximate surface area is 227 Å². The summed E-state index contributed by atoms with van der Waals surface area (Å²) < 4.78 is 9.48. The first-order chi connectivity index (χ1) is 19.0. The van der Waals surface area contributed by atoms with Crippen LogP contribution in [0, 0.1) is 22.7 Å². The van der Waals surface area contributed by atoms with Gasteiger partial charge in [-0.2, -0.15) is 16.1 Å². The third kappa shape index (κ3) is 5.05. The van der Waals surface area contributed by atoms with Crippen LogP contribution < -0.4 is 27.0 Å². The van der Waals surface area contributed by atoms with E-state index in [1.807, 2.05) is 36.4 Å². The van der Waals surface area contributed by atoms with E-state index in [0.29, 0.717) is 49.7 Å². The van der Waals surface area contributed by atoms with Gasteiger partial charge >= 0.3 is 0 Å². The summed E-state index contributed by atoms with van der Waals surface area (Å²) in [5, 5.41) is 27.2. The zero-order valence-electron chi connectivity index (χ0n) is 21.5. The molecule has 0 saturated carbocycles. The van der Waals surface area contributed by atoms with Crippen molar-refractivity contribution in [3.8, 4) is 12.1 Å². The Morgan fingerprint density at radius 2 is 1.84 bits per heavy atom. The fourth-order valence-corrected chi connectivity index (χ4v) is 4.69. The van der Waals surface area contributed by atoms with Crippen molar-refractivity contribution in [2.24, 2.45) is 0 Å². The van der Waals surface area contributed by atoms with E-state index in [9.17, 15) is 11.9 Å². The summed E-state index contributed by atoms with van der Waals surface area (Å²) in [4.78, 5) is 4.47. The molecule has 0 spiro atoms. The summed E-state index contributed by atoms with van der Waals surface area (Å²) in [6.45, 7) is 2.08. The number of anilines is 2. The molecule has 188 valence electrons. The Bertz CT molecular complexity index is 1640. The second kappa shape index (κ2) is 11.1. The average molecular weight is 522 g/mol. The lowest BCUT2D eigenvalue weighted by molar-refractivity contribution is 0.583. The van der Waals surface area contributed by atoms with Gasteiger partial charge in [0.1, 0.15) is 6.07 Å². The lowest BCUT2D eigenvalue weighted by atomic mass is 10.0. The number of pyridine rings is 1. The minimum Gasteiger partial charge on any atom is -0.377 e. The molecule has 1 aromatic heterocycles. The first kappa shape index (κ1) is 23.6. The maximum absolute atomic E-state index is 9.94. The molecule has 3 aromatic carbocycles. The Balaban J connectivity index is 1.63. The molecule has 8 nitrogen and oxygen atoms in total. The van der Waals surface area contributed by atoms with Gasteiger partial charge in [-0.15, -0.1) is 0 Å². The third-order valence-electron chi connectivity index (χ3n) is 6.28. The smallest absolute Gasteiger partial charge is 0.103 e. The SMILES string of the molecule is [2H]C(Nc1cc(Cl)c2ncc(C#N)c(N[C@H](CC)c3ccccc3)c2c1)(C1=CNNN1)c1cccc(C#N)c1. The van der Waals surface area contributed by atoms with Gasteiger partial charge in [0.15, 0.2) is 0 Å². The molecule has 1 aliphatic rings. The molecule has 0 radical (unpaired) electrons. The highest BCUT2D eigenvalue weighted by molar-refractivity contribution is 6.35. The minimum absolute atomic E-state index is 0.0479. The van der Waals surface area contributed by atoms with E-state index in [1.165, 1.54) is 6.20 Å². The fraction of sp³-hybridized carbons (Fsp3) is 0.138. The summed E-state index contributed by atoms with van der Waals surface area (Å²) in [5.41, 5.74) is 13.2. The normalized spacial score (nSPS) is 15.1. The van der Waals surface area contributed by atoms with Gasteiger partial charge in [0.25, 0.3) is 0 Å². The van der Waals surface area contributed by atoms with Gasteiger partial charge in [-0.1, -0.05) is 61.0 Å². The second-order valence-electron chi connectivity index (χ2n) is 8.67. The Morgan fingerprint density at radius 1 is 1.03 bits per heavy atom. The molecule has 0 amide bonds. The van der Waals surface area contributed by atoms with Crippen LogP contribution in [0.4, 0.5) is 11.4 Å². The molecule has 9 heteroatoms. The van der Waals surface area contributed by atoms with Gasteiger partial charge in [0.2, 0.25) is 0 Å². The molecular weight excluding hydrogens is 496 g/mol. The van der Waals surface area contributed by atoms with Crippen LogP contribution in [0.2, 0.25) is 5.02 Å². The van der Waals surface area contributed by atoms with E-state index in [0.717, 1.165) is 12.0 Å². The van der Waals surface area contributed by atoms with Gasteiger partial charge in [0.05, 0.1) is 52.6 Å². The molecule has 4 aromatic rings. The third-order valence-corrected chi connectivity index (χ3v) is 6.57. The molecule has 0 aliphatic carbocycles.